The van der Waals surface area contributed by atoms with Gasteiger partial charge in [0.15, 0.2) is 11.5 Å². The van der Waals surface area contributed by atoms with Gasteiger partial charge in [-0.1, -0.05) is 0 Å². The molecule has 8 heteroatoms. The van der Waals surface area contributed by atoms with Crippen molar-refractivity contribution in [2.45, 2.75) is 13.1 Å². The number of nitrogens with zero attached hydrogens (tertiary/aromatic N) is 2. The van der Waals surface area contributed by atoms with E-state index in [1.807, 2.05) is 5.38 Å². The average Bonchev–Trinajstić information content (AvgIpc) is 3.13. The summed E-state index contributed by atoms with van der Waals surface area (Å²) >= 11 is 1.56. The molecule has 1 aromatic carbocycles. The summed E-state index contributed by atoms with van der Waals surface area (Å²) in [4.78, 5) is 19.3. The van der Waals surface area contributed by atoms with Crippen LogP contribution in [0.25, 0.3) is 0 Å². The molecule has 1 N–H and O–H groups in total. The first-order valence-corrected chi connectivity index (χ1v) is 9.31. The maximum atomic E-state index is 12.4. The first-order chi connectivity index (χ1) is 12.7. The molecule has 0 aliphatic carbocycles. The quantitative estimate of drug-likeness (QED) is 0.795. The minimum absolute atomic E-state index is 0.170. The molecule has 1 amide bonds. The molecule has 0 unspecified atom stereocenters. The van der Waals surface area contributed by atoms with E-state index >= 15 is 0 Å². The molecule has 1 fully saturated rings. The van der Waals surface area contributed by atoms with Crippen molar-refractivity contribution in [2.75, 3.05) is 40.5 Å². The summed E-state index contributed by atoms with van der Waals surface area (Å²) in [7, 11) is 3.11. The van der Waals surface area contributed by atoms with Gasteiger partial charge < -0.3 is 19.5 Å². The summed E-state index contributed by atoms with van der Waals surface area (Å²) in [5, 5.41) is 5.84. The second-order valence-corrected chi connectivity index (χ2v) is 6.82. The lowest BCUT2D eigenvalue weighted by atomic mass is 10.2. The molecule has 0 spiro atoms. The largest absolute Gasteiger partial charge is 0.493 e. The third kappa shape index (κ3) is 4.72. The van der Waals surface area contributed by atoms with Crippen molar-refractivity contribution < 1.29 is 19.0 Å². The van der Waals surface area contributed by atoms with E-state index in [4.69, 9.17) is 14.2 Å². The number of thiazole rings is 1. The lowest BCUT2D eigenvalue weighted by Gasteiger charge is -2.25. The highest BCUT2D eigenvalue weighted by atomic mass is 32.1. The molecule has 0 saturated carbocycles. The molecule has 2 heterocycles. The molecule has 1 saturated heterocycles. The Hall–Kier alpha value is -2.16. The number of methoxy groups -OCH3 is 2. The van der Waals surface area contributed by atoms with Gasteiger partial charge in [0.05, 0.1) is 39.7 Å². The Labute approximate surface area is 156 Å². The summed E-state index contributed by atoms with van der Waals surface area (Å²) in [6.07, 6.45) is 0. The van der Waals surface area contributed by atoms with Crippen LogP contribution in [0.1, 0.15) is 21.1 Å². The maximum absolute atomic E-state index is 12.4. The molecular weight excluding hydrogens is 354 g/mol. The SMILES string of the molecule is COc1ccc(C(=O)NCc2nc(CN3CCOCC3)cs2)cc1OC. The van der Waals surface area contributed by atoms with Gasteiger partial charge in [-0.05, 0) is 18.2 Å². The van der Waals surface area contributed by atoms with Crippen molar-refractivity contribution in [3.8, 4) is 11.5 Å². The zero-order valence-electron chi connectivity index (χ0n) is 15.0. The van der Waals surface area contributed by atoms with Crippen LogP contribution in [0.4, 0.5) is 0 Å². The first-order valence-electron chi connectivity index (χ1n) is 8.43. The van der Waals surface area contributed by atoms with E-state index in [9.17, 15) is 4.79 Å². The van der Waals surface area contributed by atoms with Crippen LogP contribution in [-0.4, -0.2) is 56.3 Å². The molecule has 26 heavy (non-hydrogen) atoms. The number of nitrogens with one attached hydrogen (secondary N) is 1. The predicted octanol–water partition coefficient (Wildman–Crippen LogP) is 1.92. The van der Waals surface area contributed by atoms with Crippen LogP contribution < -0.4 is 14.8 Å². The lowest BCUT2D eigenvalue weighted by molar-refractivity contribution is 0.0337. The number of benzene rings is 1. The highest BCUT2D eigenvalue weighted by Crippen LogP contribution is 2.27. The van der Waals surface area contributed by atoms with E-state index in [0.717, 1.165) is 43.5 Å². The third-order valence-electron chi connectivity index (χ3n) is 4.13. The van der Waals surface area contributed by atoms with Gasteiger partial charge in [0.1, 0.15) is 5.01 Å². The second kappa shape index (κ2) is 8.98. The number of carbonyl (C=O) groups is 1. The average molecular weight is 377 g/mol. The van der Waals surface area contributed by atoms with Gasteiger partial charge in [-0.15, -0.1) is 11.3 Å². The summed E-state index contributed by atoms with van der Waals surface area (Å²) in [5.74, 6) is 0.954. The predicted molar refractivity (Wildman–Crippen MR) is 98.9 cm³/mol. The van der Waals surface area contributed by atoms with Crippen LogP contribution >= 0.6 is 11.3 Å². The van der Waals surface area contributed by atoms with Crippen molar-refractivity contribution in [2.24, 2.45) is 0 Å². The molecule has 0 radical (unpaired) electrons. The Bertz CT molecular complexity index is 744. The summed E-state index contributed by atoms with van der Waals surface area (Å²) in [6.45, 7) is 4.65. The maximum Gasteiger partial charge on any atom is 0.251 e. The number of rotatable bonds is 7. The smallest absolute Gasteiger partial charge is 0.251 e. The van der Waals surface area contributed by atoms with Crippen LogP contribution in [0.15, 0.2) is 23.6 Å². The fraction of sp³-hybridized carbons (Fsp3) is 0.444. The molecule has 0 atom stereocenters. The van der Waals surface area contributed by atoms with Crippen molar-refractivity contribution in [1.82, 2.24) is 15.2 Å². The summed E-state index contributed by atoms with van der Waals surface area (Å²) in [6, 6.07) is 5.10. The molecule has 140 valence electrons. The lowest BCUT2D eigenvalue weighted by Crippen LogP contribution is -2.35. The van der Waals surface area contributed by atoms with Gasteiger partial charge in [-0.25, -0.2) is 4.98 Å². The number of hydrogen-bond donors (Lipinski definition) is 1. The van der Waals surface area contributed by atoms with E-state index < -0.39 is 0 Å². The van der Waals surface area contributed by atoms with Gasteiger partial charge >= 0.3 is 0 Å². The zero-order chi connectivity index (χ0) is 18.4. The van der Waals surface area contributed by atoms with Crippen molar-refractivity contribution in [3.63, 3.8) is 0 Å². The van der Waals surface area contributed by atoms with Gasteiger partial charge in [-0.3, -0.25) is 9.69 Å². The minimum Gasteiger partial charge on any atom is -0.493 e. The summed E-state index contributed by atoms with van der Waals surface area (Å²) in [5.41, 5.74) is 1.56. The van der Waals surface area contributed by atoms with Gasteiger partial charge in [-0.2, -0.15) is 0 Å². The number of carbonyl (C=O) groups excluding carboxylic acids is 1. The Kier molecular flexibility index (Phi) is 6.43. The molecule has 1 aliphatic rings. The molecule has 0 bridgehead atoms. The first kappa shape index (κ1) is 18.6. The van der Waals surface area contributed by atoms with E-state index in [0.29, 0.717) is 23.6 Å². The van der Waals surface area contributed by atoms with Crippen LogP contribution in [-0.2, 0) is 17.8 Å². The summed E-state index contributed by atoms with van der Waals surface area (Å²) < 4.78 is 15.8. The zero-order valence-corrected chi connectivity index (χ0v) is 15.8. The molecule has 1 aromatic heterocycles. The van der Waals surface area contributed by atoms with Crippen LogP contribution in [0.2, 0.25) is 0 Å². The molecular formula is C18H23N3O4S. The van der Waals surface area contributed by atoms with Crippen LogP contribution in [0.5, 0.6) is 11.5 Å². The van der Waals surface area contributed by atoms with Crippen LogP contribution in [0, 0.1) is 0 Å². The van der Waals surface area contributed by atoms with Gasteiger partial charge in [0.2, 0.25) is 0 Å². The molecule has 7 nitrogen and oxygen atoms in total. The second-order valence-electron chi connectivity index (χ2n) is 5.87. The van der Waals surface area contributed by atoms with E-state index in [-0.39, 0.29) is 5.91 Å². The topological polar surface area (TPSA) is 72.9 Å². The molecule has 1 aliphatic heterocycles. The Morgan fingerprint density at radius 3 is 2.77 bits per heavy atom. The number of hydrogen-bond acceptors (Lipinski definition) is 7. The fourth-order valence-electron chi connectivity index (χ4n) is 2.73. The van der Waals surface area contributed by atoms with Crippen molar-refractivity contribution in [1.29, 1.82) is 0 Å². The Balaban J connectivity index is 1.54. The number of amides is 1. The van der Waals surface area contributed by atoms with Crippen molar-refractivity contribution >= 4 is 17.2 Å². The van der Waals surface area contributed by atoms with E-state index in [1.165, 1.54) is 0 Å². The minimum atomic E-state index is -0.170. The van der Waals surface area contributed by atoms with E-state index in [2.05, 4.69) is 15.2 Å². The Morgan fingerprint density at radius 1 is 1.27 bits per heavy atom. The molecule has 3 rings (SSSR count). The van der Waals surface area contributed by atoms with Gasteiger partial charge in [0.25, 0.3) is 5.91 Å². The van der Waals surface area contributed by atoms with Crippen LogP contribution in [0.3, 0.4) is 0 Å². The highest BCUT2D eigenvalue weighted by Gasteiger charge is 2.14. The fourth-order valence-corrected chi connectivity index (χ4v) is 3.45. The highest BCUT2D eigenvalue weighted by molar-refractivity contribution is 7.09. The number of aromatic nitrogens is 1. The third-order valence-corrected chi connectivity index (χ3v) is 5.03. The van der Waals surface area contributed by atoms with E-state index in [1.54, 1.807) is 43.8 Å². The number of morpholine rings is 1. The monoisotopic (exact) mass is 377 g/mol. The molecule has 2 aromatic rings. The number of ether oxygens (including phenoxy) is 3. The van der Waals surface area contributed by atoms with Crippen molar-refractivity contribution in [3.05, 3.63) is 39.8 Å². The standard InChI is InChI=1S/C18H23N3O4S/c1-23-15-4-3-13(9-16(15)24-2)18(22)19-10-17-20-14(12-26-17)11-21-5-7-25-8-6-21/h3-4,9,12H,5-8,10-11H2,1-2H3,(H,19,22). The normalized spacial score (nSPS) is 14.8. The Morgan fingerprint density at radius 2 is 2.04 bits per heavy atom. The van der Waals surface area contributed by atoms with Gasteiger partial charge in [0, 0.05) is 30.6 Å².